The molecular weight excluding hydrogens is 420 g/mol. The zero-order chi connectivity index (χ0) is 22.5. The second-order valence-corrected chi connectivity index (χ2v) is 10.3. The van der Waals surface area contributed by atoms with Crippen LogP contribution < -0.4 is 5.32 Å². The Balaban J connectivity index is 1.36. The number of hydrogen-bond donors (Lipinski definition) is 1. The predicted octanol–water partition coefficient (Wildman–Crippen LogP) is 4.98. The number of rotatable bonds is 5. The van der Waals surface area contributed by atoms with E-state index in [1.54, 1.807) is 18.3 Å². The molecule has 2 unspecified atom stereocenters. The number of imide groups is 1. The molecule has 2 aromatic carbocycles. The molecule has 166 valence electrons. The standard InChI is InChI=1S/C25H28N4O2S/c1-16(2)17-10-12-18(13-11-17)25(3)23(30)29(24(31)27-25)15-28-14-6-8-20(28)22-26-19-7-4-5-9-21(19)32-22/h4-5,7,9-13,16,20H,6,8,14-15H2,1-3H3,(H,27,31). The fraction of sp³-hybridized carbons (Fsp3) is 0.400. The second kappa shape index (κ2) is 7.98. The Bertz CT molecular complexity index is 1140. The van der Waals surface area contributed by atoms with E-state index < -0.39 is 5.54 Å². The highest BCUT2D eigenvalue weighted by Gasteiger charge is 2.50. The van der Waals surface area contributed by atoms with Gasteiger partial charge in [0.1, 0.15) is 10.5 Å². The van der Waals surface area contributed by atoms with Crippen LogP contribution in [0.15, 0.2) is 48.5 Å². The zero-order valence-electron chi connectivity index (χ0n) is 18.7. The molecule has 2 fully saturated rings. The van der Waals surface area contributed by atoms with Gasteiger partial charge in [-0.2, -0.15) is 0 Å². The fourth-order valence-electron chi connectivity index (χ4n) is 4.71. The average molecular weight is 449 g/mol. The van der Waals surface area contributed by atoms with Crippen molar-refractivity contribution in [3.05, 3.63) is 64.7 Å². The second-order valence-electron chi connectivity index (χ2n) is 9.20. The molecule has 6 nitrogen and oxygen atoms in total. The number of carbonyl (C=O) groups is 2. The van der Waals surface area contributed by atoms with E-state index in [-0.39, 0.29) is 24.6 Å². The van der Waals surface area contributed by atoms with Crippen LogP contribution in [0.2, 0.25) is 0 Å². The van der Waals surface area contributed by atoms with Crippen molar-refractivity contribution in [2.45, 2.75) is 51.1 Å². The summed E-state index contributed by atoms with van der Waals surface area (Å²) in [6, 6.07) is 15.9. The molecule has 2 saturated heterocycles. The maximum atomic E-state index is 13.4. The van der Waals surface area contributed by atoms with E-state index in [0.717, 1.165) is 35.5 Å². The van der Waals surface area contributed by atoms with Crippen molar-refractivity contribution < 1.29 is 9.59 Å². The number of thiazole rings is 1. The lowest BCUT2D eigenvalue weighted by Crippen LogP contribution is -2.43. The first-order valence-corrected chi connectivity index (χ1v) is 12.0. The number of nitrogens with one attached hydrogen (secondary N) is 1. The van der Waals surface area contributed by atoms with Gasteiger partial charge in [0.25, 0.3) is 5.91 Å². The highest BCUT2D eigenvalue weighted by molar-refractivity contribution is 7.18. The van der Waals surface area contributed by atoms with Crippen LogP contribution in [0.4, 0.5) is 4.79 Å². The van der Waals surface area contributed by atoms with Gasteiger partial charge in [0.2, 0.25) is 0 Å². The van der Waals surface area contributed by atoms with E-state index in [9.17, 15) is 9.59 Å². The van der Waals surface area contributed by atoms with Gasteiger partial charge in [0.15, 0.2) is 0 Å². The summed E-state index contributed by atoms with van der Waals surface area (Å²) >= 11 is 1.70. The van der Waals surface area contributed by atoms with Gasteiger partial charge in [-0.3, -0.25) is 9.69 Å². The Morgan fingerprint density at radius 2 is 1.91 bits per heavy atom. The number of benzene rings is 2. The van der Waals surface area contributed by atoms with Crippen LogP contribution in [0, 0.1) is 0 Å². The van der Waals surface area contributed by atoms with Crippen LogP contribution in [0.3, 0.4) is 0 Å². The molecule has 0 radical (unpaired) electrons. The molecular formula is C25H28N4O2S. The van der Waals surface area contributed by atoms with Crippen LogP contribution in [0.25, 0.3) is 10.2 Å². The third kappa shape index (κ3) is 3.49. The Morgan fingerprint density at radius 1 is 1.16 bits per heavy atom. The lowest BCUT2D eigenvalue weighted by Gasteiger charge is -2.27. The van der Waals surface area contributed by atoms with Gasteiger partial charge >= 0.3 is 6.03 Å². The summed E-state index contributed by atoms with van der Waals surface area (Å²) in [6.45, 7) is 7.20. The fourth-order valence-corrected chi connectivity index (χ4v) is 5.85. The minimum Gasteiger partial charge on any atom is -0.319 e. The molecule has 3 heterocycles. The highest BCUT2D eigenvalue weighted by Crippen LogP contribution is 2.37. The van der Waals surface area contributed by atoms with E-state index in [2.05, 4.69) is 30.1 Å². The number of urea groups is 1. The quantitative estimate of drug-likeness (QED) is 0.559. The normalized spacial score (nSPS) is 24.1. The first-order chi connectivity index (χ1) is 15.4. The minimum absolute atomic E-state index is 0.130. The zero-order valence-corrected chi connectivity index (χ0v) is 19.5. The molecule has 3 aromatic rings. The van der Waals surface area contributed by atoms with E-state index in [0.29, 0.717) is 5.92 Å². The van der Waals surface area contributed by atoms with Gasteiger partial charge in [0, 0.05) is 6.54 Å². The number of aromatic nitrogens is 1. The number of hydrogen-bond acceptors (Lipinski definition) is 5. The van der Waals surface area contributed by atoms with Crippen molar-refractivity contribution >= 4 is 33.5 Å². The third-order valence-electron chi connectivity index (χ3n) is 6.71. The maximum absolute atomic E-state index is 13.4. The average Bonchev–Trinajstić information content (AvgIpc) is 3.47. The van der Waals surface area contributed by atoms with E-state index in [1.807, 2.05) is 42.5 Å². The van der Waals surface area contributed by atoms with E-state index in [4.69, 9.17) is 4.98 Å². The van der Waals surface area contributed by atoms with Crippen LogP contribution in [0.5, 0.6) is 0 Å². The van der Waals surface area contributed by atoms with Crippen molar-refractivity contribution in [2.75, 3.05) is 13.2 Å². The largest absolute Gasteiger partial charge is 0.326 e. The molecule has 2 aliphatic rings. The monoisotopic (exact) mass is 448 g/mol. The molecule has 1 N–H and O–H groups in total. The summed E-state index contributed by atoms with van der Waals surface area (Å²) in [7, 11) is 0. The topological polar surface area (TPSA) is 65.5 Å². The predicted molar refractivity (Wildman–Crippen MR) is 126 cm³/mol. The molecule has 2 aliphatic heterocycles. The summed E-state index contributed by atoms with van der Waals surface area (Å²) < 4.78 is 1.17. The molecule has 7 heteroatoms. The molecule has 5 rings (SSSR count). The number of amides is 3. The summed E-state index contributed by atoms with van der Waals surface area (Å²) in [5.74, 6) is 0.214. The molecule has 0 aliphatic carbocycles. The minimum atomic E-state index is -1.04. The Labute approximate surface area is 192 Å². The SMILES string of the molecule is CC(C)c1ccc(C2(C)NC(=O)N(CN3CCCC3c3nc4ccccc4s3)C2=O)cc1. The Morgan fingerprint density at radius 3 is 2.62 bits per heavy atom. The van der Waals surface area contributed by atoms with E-state index >= 15 is 0 Å². The molecule has 1 aromatic heterocycles. The van der Waals surface area contributed by atoms with Crippen LogP contribution in [0.1, 0.15) is 61.7 Å². The van der Waals surface area contributed by atoms with Crippen molar-refractivity contribution in [1.82, 2.24) is 20.1 Å². The van der Waals surface area contributed by atoms with Crippen LogP contribution in [-0.4, -0.2) is 39.9 Å². The number of fused-ring (bicyclic) bond motifs is 1. The molecule has 0 bridgehead atoms. The molecule has 3 amide bonds. The summed E-state index contributed by atoms with van der Waals surface area (Å²) in [6.07, 6.45) is 2.01. The smallest absolute Gasteiger partial charge is 0.319 e. The molecule has 32 heavy (non-hydrogen) atoms. The van der Waals surface area contributed by atoms with Crippen molar-refractivity contribution in [1.29, 1.82) is 0 Å². The Kier molecular flexibility index (Phi) is 5.26. The van der Waals surface area contributed by atoms with Crippen LogP contribution in [-0.2, 0) is 10.3 Å². The van der Waals surface area contributed by atoms with Crippen molar-refractivity contribution in [2.24, 2.45) is 0 Å². The number of para-hydroxylation sites is 1. The third-order valence-corrected chi connectivity index (χ3v) is 7.85. The maximum Gasteiger partial charge on any atom is 0.326 e. The van der Waals surface area contributed by atoms with Crippen molar-refractivity contribution in [3.63, 3.8) is 0 Å². The van der Waals surface area contributed by atoms with Gasteiger partial charge in [-0.25, -0.2) is 14.7 Å². The highest BCUT2D eigenvalue weighted by atomic mass is 32.1. The summed E-state index contributed by atoms with van der Waals surface area (Å²) in [4.78, 5) is 34.7. The van der Waals surface area contributed by atoms with E-state index in [1.165, 1.54) is 15.2 Å². The Hall–Kier alpha value is -2.77. The lowest BCUT2D eigenvalue weighted by molar-refractivity contribution is -0.132. The number of carbonyl (C=O) groups excluding carboxylic acids is 2. The first-order valence-electron chi connectivity index (χ1n) is 11.2. The van der Waals surface area contributed by atoms with Gasteiger partial charge in [-0.1, -0.05) is 50.2 Å². The summed E-state index contributed by atoms with van der Waals surface area (Å²) in [5, 5.41) is 4.00. The first kappa shape index (κ1) is 21.1. The number of nitrogens with zero attached hydrogens (tertiary/aromatic N) is 3. The van der Waals surface area contributed by atoms with Gasteiger partial charge < -0.3 is 5.32 Å². The molecule has 0 spiro atoms. The summed E-state index contributed by atoms with van der Waals surface area (Å²) in [5.41, 5.74) is 1.98. The molecule has 0 saturated carbocycles. The lowest BCUT2D eigenvalue weighted by atomic mass is 9.90. The van der Waals surface area contributed by atoms with Crippen molar-refractivity contribution in [3.8, 4) is 0 Å². The number of likely N-dealkylation sites (tertiary alicyclic amines) is 1. The van der Waals surface area contributed by atoms with Gasteiger partial charge in [0.05, 0.1) is 22.9 Å². The van der Waals surface area contributed by atoms with Gasteiger partial charge in [-0.15, -0.1) is 11.3 Å². The van der Waals surface area contributed by atoms with Crippen LogP contribution >= 0.6 is 11.3 Å². The molecule has 2 atom stereocenters. The van der Waals surface area contributed by atoms with Gasteiger partial charge in [-0.05, 0) is 48.9 Å².